The van der Waals surface area contributed by atoms with Gasteiger partial charge in [-0.1, -0.05) is 32.9 Å². The van der Waals surface area contributed by atoms with Gasteiger partial charge in [0.05, 0.1) is 11.4 Å². The standard InChI is InChI=1S/C9H14N2.C2H6/c1-2-7-11-9-6-4-3-5-8(9)10;1-2/h3-6,11H,2,7,10H2,1H3;1-2H3. The molecule has 13 heavy (non-hydrogen) atoms. The van der Waals surface area contributed by atoms with Crippen LogP contribution in [0.4, 0.5) is 11.4 Å². The number of hydrogen-bond donors (Lipinski definition) is 2. The Labute approximate surface area is 81.2 Å². The lowest BCUT2D eigenvalue weighted by molar-refractivity contribution is 0.980. The van der Waals surface area contributed by atoms with Gasteiger partial charge in [-0.2, -0.15) is 0 Å². The quantitative estimate of drug-likeness (QED) is 0.701. The van der Waals surface area contributed by atoms with Crippen molar-refractivity contribution in [3.05, 3.63) is 24.3 Å². The summed E-state index contributed by atoms with van der Waals surface area (Å²) in [6.07, 6.45) is 1.12. The van der Waals surface area contributed by atoms with Crippen molar-refractivity contribution in [3.63, 3.8) is 0 Å². The van der Waals surface area contributed by atoms with Gasteiger partial charge in [-0.3, -0.25) is 0 Å². The normalized spacial score (nSPS) is 8.54. The van der Waals surface area contributed by atoms with Crippen LogP contribution >= 0.6 is 0 Å². The molecule has 0 saturated carbocycles. The lowest BCUT2D eigenvalue weighted by Crippen LogP contribution is -2.02. The van der Waals surface area contributed by atoms with Crippen LogP contribution in [0.5, 0.6) is 0 Å². The van der Waals surface area contributed by atoms with E-state index in [9.17, 15) is 0 Å². The molecule has 2 nitrogen and oxygen atoms in total. The number of para-hydroxylation sites is 2. The Morgan fingerprint density at radius 2 is 1.85 bits per heavy atom. The molecule has 0 saturated heterocycles. The van der Waals surface area contributed by atoms with Gasteiger partial charge in [0.15, 0.2) is 0 Å². The molecule has 0 amide bonds. The van der Waals surface area contributed by atoms with Gasteiger partial charge in [-0.25, -0.2) is 0 Å². The van der Waals surface area contributed by atoms with Crippen molar-refractivity contribution >= 4 is 11.4 Å². The second-order valence-electron chi connectivity index (χ2n) is 2.51. The summed E-state index contributed by atoms with van der Waals surface area (Å²) >= 11 is 0. The number of anilines is 2. The van der Waals surface area contributed by atoms with Crippen molar-refractivity contribution in [2.45, 2.75) is 27.2 Å². The van der Waals surface area contributed by atoms with Gasteiger partial charge in [0, 0.05) is 6.54 Å². The highest BCUT2D eigenvalue weighted by atomic mass is 14.9. The predicted molar refractivity (Wildman–Crippen MR) is 61.0 cm³/mol. The number of hydrogen-bond acceptors (Lipinski definition) is 2. The third-order valence-electron chi connectivity index (χ3n) is 1.53. The Kier molecular flexibility index (Phi) is 6.79. The summed E-state index contributed by atoms with van der Waals surface area (Å²) < 4.78 is 0. The third-order valence-corrected chi connectivity index (χ3v) is 1.53. The van der Waals surface area contributed by atoms with Gasteiger partial charge < -0.3 is 11.1 Å². The molecule has 3 N–H and O–H groups in total. The molecule has 0 bridgehead atoms. The van der Waals surface area contributed by atoms with Crippen LogP contribution in [0, 0.1) is 0 Å². The monoisotopic (exact) mass is 180 g/mol. The molecule has 0 fully saturated rings. The summed E-state index contributed by atoms with van der Waals surface area (Å²) in [7, 11) is 0. The topological polar surface area (TPSA) is 38.0 Å². The maximum atomic E-state index is 5.70. The van der Waals surface area contributed by atoms with Crippen molar-refractivity contribution < 1.29 is 0 Å². The van der Waals surface area contributed by atoms with Crippen LogP contribution in [0.1, 0.15) is 27.2 Å². The van der Waals surface area contributed by atoms with Crippen LogP contribution in [0.2, 0.25) is 0 Å². The van der Waals surface area contributed by atoms with E-state index in [0.717, 1.165) is 24.3 Å². The van der Waals surface area contributed by atoms with Crippen LogP contribution in [-0.4, -0.2) is 6.54 Å². The zero-order valence-electron chi connectivity index (χ0n) is 8.80. The van der Waals surface area contributed by atoms with E-state index in [1.807, 2.05) is 38.1 Å². The summed E-state index contributed by atoms with van der Waals surface area (Å²) in [4.78, 5) is 0. The van der Waals surface area contributed by atoms with E-state index in [-0.39, 0.29) is 0 Å². The van der Waals surface area contributed by atoms with E-state index in [1.165, 1.54) is 0 Å². The van der Waals surface area contributed by atoms with E-state index >= 15 is 0 Å². The van der Waals surface area contributed by atoms with Crippen molar-refractivity contribution in [3.8, 4) is 0 Å². The first-order chi connectivity index (χ1) is 6.34. The molecule has 1 aromatic carbocycles. The minimum atomic E-state index is 0.820. The van der Waals surface area contributed by atoms with Gasteiger partial charge in [-0.15, -0.1) is 0 Å². The Bertz CT molecular complexity index is 221. The van der Waals surface area contributed by atoms with Crippen LogP contribution in [0.25, 0.3) is 0 Å². The fourth-order valence-electron chi connectivity index (χ4n) is 0.918. The number of nitrogens with one attached hydrogen (secondary N) is 1. The van der Waals surface area contributed by atoms with Crippen LogP contribution < -0.4 is 11.1 Å². The van der Waals surface area contributed by atoms with E-state index in [4.69, 9.17) is 5.73 Å². The first-order valence-corrected chi connectivity index (χ1v) is 4.93. The predicted octanol–water partition coefficient (Wildman–Crippen LogP) is 3.12. The fraction of sp³-hybridized carbons (Fsp3) is 0.455. The van der Waals surface area contributed by atoms with Crippen LogP contribution in [0.3, 0.4) is 0 Å². The molecule has 1 aromatic rings. The molecular weight excluding hydrogens is 160 g/mol. The second kappa shape index (κ2) is 7.47. The molecular formula is C11H20N2. The van der Waals surface area contributed by atoms with Crippen molar-refractivity contribution in [1.82, 2.24) is 0 Å². The third kappa shape index (κ3) is 4.41. The van der Waals surface area contributed by atoms with Gasteiger partial charge >= 0.3 is 0 Å². The molecule has 74 valence electrons. The fourth-order valence-corrected chi connectivity index (χ4v) is 0.918. The molecule has 0 aliphatic carbocycles. The van der Waals surface area contributed by atoms with Crippen molar-refractivity contribution in [2.24, 2.45) is 0 Å². The minimum Gasteiger partial charge on any atom is -0.397 e. The van der Waals surface area contributed by atoms with Gasteiger partial charge in [0.25, 0.3) is 0 Å². The highest BCUT2D eigenvalue weighted by Crippen LogP contribution is 2.15. The van der Waals surface area contributed by atoms with E-state index in [2.05, 4.69) is 12.2 Å². The maximum absolute atomic E-state index is 5.70. The van der Waals surface area contributed by atoms with E-state index < -0.39 is 0 Å². The van der Waals surface area contributed by atoms with Crippen LogP contribution in [0.15, 0.2) is 24.3 Å². The average molecular weight is 180 g/mol. The van der Waals surface area contributed by atoms with Crippen molar-refractivity contribution in [1.29, 1.82) is 0 Å². The molecule has 0 atom stereocenters. The van der Waals surface area contributed by atoms with Gasteiger partial charge in [0.2, 0.25) is 0 Å². The lowest BCUT2D eigenvalue weighted by atomic mass is 10.2. The van der Waals surface area contributed by atoms with Gasteiger partial charge in [0.1, 0.15) is 0 Å². The summed E-state index contributed by atoms with van der Waals surface area (Å²) in [5, 5.41) is 3.24. The Morgan fingerprint density at radius 1 is 1.23 bits per heavy atom. The smallest absolute Gasteiger partial charge is 0.0573 e. The van der Waals surface area contributed by atoms with E-state index in [0.29, 0.717) is 0 Å². The lowest BCUT2D eigenvalue weighted by Gasteiger charge is -2.06. The average Bonchev–Trinajstić information content (AvgIpc) is 2.20. The molecule has 0 aromatic heterocycles. The molecule has 0 spiro atoms. The second-order valence-corrected chi connectivity index (χ2v) is 2.51. The molecule has 1 rings (SSSR count). The summed E-state index contributed by atoms with van der Waals surface area (Å²) in [5.74, 6) is 0. The summed E-state index contributed by atoms with van der Waals surface area (Å²) in [5.41, 5.74) is 7.56. The molecule has 0 unspecified atom stereocenters. The summed E-state index contributed by atoms with van der Waals surface area (Å²) in [6.45, 7) is 7.11. The highest BCUT2D eigenvalue weighted by Gasteiger charge is 1.92. The first kappa shape index (κ1) is 11.8. The Morgan fingerprint density at radius 3 is 2.38 bits per heavy atom. The Hall–Kier alpha value is -1.18. The maximum Gasteiger partial charge on any atom is 0.0573 e. The zero-order chi connectivity index (χ0) is 10.1. The molecule has 0 heterocycles. The first-order valence-electron chi connectivity index (χ1n) is 4.93. The summed E-state index contributed by atoms with van der Waals surface area (Å²) in [6, 6.07) is 7.81. The number of nitrogens with two attached hydrogens (primary N) is 1. The van der Waals surface area contributed by atoms with Gasteiger partial charge in [-0.05, 0) is 18.6 Å². The number of benzene rings is 1. The Balaban J connectivity index is 0.000000671. The molecule has 2 heteroatoms. The SMILES string of the molecule is CC.CCCNc1ccccc1N. The molecule has 0 radical (unpaired) electrons. The molecule has 0 aliphatic heterocycles. The minimum absolute atomic E-state index is 0.820. The highest BCUT2D eigenvalue weighted by molar-refractivity contribution is 5.65. The largest absolute Gasteiger partial charge is 0.397 e. The van der Waals surface area contributed by atoms with E-state index in [1.54, 1.807) is 0 Å². The number of rotatable bonds is 3. The molecule has 0 aliphatic rings. The van der Waals surface area contributed by atoms with Crippen molar-refractivity contribution in [2.75, 3.05) is 17.6 Å². The number of nitrogen functional groups attached to an aromatic ring is 1. The van der Waals surface area contributed by atoms with Crippen LogP contribution in [-0.2, 0) is 0 Å². The zero-order valence-corrected chi connectivity index (χ0v) is 8.80.